The fraction of sp³-hybridized carbons (Fsp3) is 0.875. The summed E-state index contributed by atoms with van der Waals surface area (Å²) in [6, 6.07) is 0. The van der Waals surface area contributed by atoms with Gasteiger partial charge in [-0.15, -0.1) is 0 Å². The third-order valence-corrected chi connectivity index (χ3v) is 1.62. The van der Waals surface area contributed by atoms with E-state index in [1.165, 1.54) is 20.8 Å². The molecule has 0 aromatic heterocycles. The van der Waals surface area contributed by atoms with Crippen LogP contribution in [0.15, 0.2) is 0 Å². The summed E-state index contributed by atoms with van der Waals surface area (Å²) in [5, 5.41) is 0. The van der Waals surface area contributed by atoms with Crippen molar-refractivity contribution in [2.45, 2.75) is 38.1 Å². The number of hydrogen-bond acceptors (Lipinski definition) is 3. The Morgan fingerprint density at radius 2 is 1.79 bits per heavy atom. The van der Waals surface area contributed by atoms with E-state index in [4.69, 9.17) is 0 Å². The fourth-order valence-electron chi connectivity index (χ4n) is 0.830. The summed E-state index contributed by atoms with van der Waals surface area (Å²) < 4.78 is 45.7. The van der Waals surface area contributed by atoms with Gasteiger partial charge in [-0.05, 0) is 20.8 Å². The minimum atomic E-state index is -4.70. The maximum absolute atomic E-state index is 12.3. The zero-order chi connectivity index (χ0) is 11.2. The monoisotopic (exact) mass is 212 g/mol. The number of alkyl halides is 3. The van der Waals surface area contributed by atoms with Crippen LogP contribution in [0.25, 0.3) is 0 Å². The molecule has 82 valence electrons. The van der Waals surface area contributed by atoms with E-state index in [0.717, 1.165) is 0 Å². The fourth-order valence-corrected chi connectivity index (χ4v) is 0.830. The molecule has 0 N–H and O–H groups in total. The highest BCUT2D eigenvalue weighted by molar-refractivity contribution is 5.83. The van der Waals surface area contributed by atoms with Gasteiger partial charge in [-0.25, -0.2) is 4.79 Å². The van der Waals surface area contributed by atoms with E-state index in [1.54, 1.807) is 0 Å². The van der Waals surface area contributed by atoms with Crippen molar-refractivity contribution >= 4 is 5.97 Å². The number of esters is 1. The van der Waals surface area contributed by atoms with Gasteiger partial charge in [0.15, 0.2) is 0 Å². The molecule has 0 aliphatic carbocycles. The predicted molar refractivity (Wildman–Crippen MR) is 40.6 cm³/mol. The largest absolute Gasteiger partial charge is 0.458 e. The highest BCUT2D eigenvalue weighted by Gasteiger charge is 2.73. The Hall–Kier alpha value is -0.780. The van der Waals surface area contributed by atoms with Gasteiger partial charge in [-0.1, -0.05) is 0 Å². The van der Waals surface area contributed by atoms with Crippen LogP contribution in [0.5, 0.6) is 0 Å². The zero-order valence-electron chi connectivity index (χ0n) is 8.07. The van der Waals surface area contributed by atoms with Crippen molar-refractivity contribution in [2.24, 2.45) is 0 Å². The van der Waals surface area contributed by atoms with Gasteiger partial charge < -0.3 is 9.47 Å². The van der Waals surface area contributed by atoms with E-state index < -0.39 is 30.0 Å². The van der Waals surface area contributed by atoms with E-state index >= 15 is 0 Å². The molecule has 0 spiro atoms. The first-order valence-corrected chi connectivity index (χ1v) is 4.03. The summed E-state index contributed by atoms with van der Waals surface area (Å²) in [7, 11) is 0. The smallest absolute Gasteiger partial charge is 0.430 e. The molecule has 0 bridgehead atoms. The molecule has 1 atom stereocenters. The normalized spacial score (nSPS) is 27.3. The van der Waals surface area contributed by atoms with Crippen molar-refractivity contribution in [3.8, 4) is 0 Å². The van der Waals surface area contributed by atoms with Crippen molar-refractivity contribution in [1.82, 2.24) is 0 Å². The van der Waals surface area contributed by atoms with Crippen molar-refractivity contribution in [1.29, 1.82) is 0 Å². The quantitative estimate of drug-likeness (QED) is 0.490. The van der Waals surface area contributed by atoms with Gasteiger partial charge in [-0.2, -0.15) is 13.2 Å². The van der Waals surface area contributed by atoms with Crippen LogP contribution >= 0.6 is 0 Å². The van der Waals surface area contributed by atoms with Crippen LogP contribution in [0.2, 0.25) is 0 Å². The number of rotatable bonds is 1. The van der Waals surface area contributed by atoms with Gasteiger partial charge in [0.2, 0.25) is 0 Å². The van der Waals surface area contributed by atoms with Crippen molar-refractivity contribution in [2.75, 3.05) is 6.61 Å². The Labute approximate surface area is 79.2 Å². The Bertz CT molecular complexity index is 248. The lowest BCUT2D eigenvalue weighted by atomic mass is 10.1. The van der Waals surface area contributed by atoms with E-state index in [9.17, 15) is 18.0 Å². The number of carbonyl (C=O) groups excluding carboxylic acids is 1. The lowest BCUT2D eigenvalue weighted by Crippen LogP contribution is -2.44. The van der Waals surface area contributed by atoms with E-state index in [0.29, 0.717) is 0 Å². The molecule has 0 radical (unpaired) electrons. The molecular formula is C8H11F3O3. The van der Waals surface area contributed by atoms with Gasteiger partial charge >= 0.3 is 12.1 Å². The van der Waals surface area contributed by atoms with E-state index in [1.807, 2.05) is 0 Å². The van der Waals surface area contributed by atoms with Gasteiger partial charge in [0.1, 0.15) is 5.60 Å². The van der Waals surface area contributed by atoms with Crippen LogP contribution in [-0.4, -0.2) is 30.0 Å². The van der Waals surface area contributed by atoms with Crippen LogP contribution in [0.3, 0.4) is 0 Å². The summed E-state index contributed by atoms with van der Waals surface area (Å²) in [6.07, 6.45) is -4.70. The third kappa shape index (κ3) is 2.00. The highest BCUT2D eigenvalue weighted by Crippen LogP contribution is 2.45. The molecule has 0 aromatic carbocycles. The molecule has 1 heterocycles. The van der Waals surface area contributed by atoms with Crippen LogP contribution in [-0.2, 0) is 14.3 Å². The van der Waals surface area contributed by atoms with Crippen LogP contribution < -0.4 is 0 Å². The molecule has 1 aliphatic rings. The Morgan fingerprint density at radius 1 is 1.36 bits per heavy atom. The average molecular weight is 212 g/mol. The second-order valence-corrected chi connectivity index (χ2v) is 4.12. The summed E-state index contributed by atoms with van der Waals surface area (Å²) in [5.41, 5.74) is -3.65. The minimum Gasteiger partial charge on any atom is -0.458 e. The number of hydrogen-bond donors (Lipinski definition) is 0. The molecule has 6 heteroatoms. The minimum absolute atomic E-state index is 0.647. The lowest BCUT2D eigenvalue weighted by Gasteiger charge is -2.23. The molecule has 0 aromatic rings. The average Bonchev–Trinajstić information content (AvgIpc) is 2.56. The Kier molecular flexibility index (Phi) is 2.30. The Morgan fingerprint density at radius 3 is 2.00 bits per heavy atom. The van der Waals surface area contributed by atoms with Crippen LogP contribution in [0.1, 0.15) is 20.8 Å². The van der Waals surface area contributed by atoms with Gasteiger partial charge in [0.25, 0.3) is 5.60 Å². The summed E-state index contributed by atoms with van der Waals surface area (Å²) >= 11 is 0. The second-order valence-electron chi connectivity index (χ2n) is 4.12. The number of halogens is 3. The third-order valence-electron chi connectivity index (χ3n) is 1.62. The van der Waals surface area contributed by atoms with Crippen molar-refractivity contribution in [3.05, 3.63) is 0 Å². The molecule has 3 nitrogen and oxygen atoms in total. The maximum Gasteiger partial charge on any atom is 0.430 e. The van der Waals surface area contributed by atoms with Gasteiger partial charge in [-0.3, -0.25) is 0 Å². The molecular weight excluding hydrogens is 201 g/mol. The Balaban J connectivity index is 2.72. The van der Waals surface area contributed by atoms with Crippen LogP contribution in [0.4, 0.5) is 13.2 Å². The first kappa shape index (κ1) is 11.3. The molecule has 0 amide bonds. The molecule has 1 aliphatic heterocycles. The summed E-state index contributed by atoms with van der Waals surface area (Å²) in [4.78, 5) is 11.1. The summed E-state index contributed by atoms with van der Waals surface area (Å²) in [5.74, 6) is -1.36. The topological polar surface area (TPSA) is 38.8 Å². The van der Waals surface area contributed by atoms with Gasteiger partial charge in [0, 0.05) is 0 Å². The van der Waals surface area contributed by atoms with Gasteiger partial charge in [0.05, 0.1) is 6.61 Å². The molecule has 0 saturated carbocycles. The first-order chi connectivity index (χ1) is 6.08. The molecule has 1 saturated heterocycles. The first-order valence-electron chi connectivity index (χ1n) is 4.03. The standard InChI is InChI=1S/C8H11F3O3/c1-6(2,3)14-5(12)7(4-13-7)8(9,10)11/h4H2,1-3H3. The lowest BCUT2D eigenvalue weighted by molar-refractivity contribution is -0.210. The highest BCUT2D eigenvalue weighted by atomic mass is 19.4. The number of epoxide rings is 1. The van der Waals surface area contributed by atoms with E-state index in [2.05, 4.69) is 9.47 Å². The van der Waals surface area contributed by atoms with Crippen LogP contribution in [0, 0.1) is 0 Å². The molecule has 1 unspecified atom stereocenters. The van der Waals surface area contributed by atoms with Crippen molar-refractivity contribution in [3.63, 3.8) is 0 Å². The summed E-state index contributed by atoms with van der Waals surface area (Å²) in [6.45, 7) is 3.84. The SMILES string of the molecule is CC(C)(C)OC(=O)C1(C(F)(F)F)CO1. The molecule has 1 fully saturated rings. The number of carbonyl (C=O) groups is 1. The second kappa shape index (κ2) is 2.85. The maximum atomic E-state index is 12.3. The number of ether oxygens (including phenoxy) is 2. The molecule has 1 rings (SSSR count). The zero-order valence-corrected chi connectivity index (χ0v) is 8.07. The van der Waals surface area contributed by atoms with E-state index in [-0.39, 0.29) is 0 Å². The molecule has 14 heavy (non-hydrogen) atoms. The predicted octanol–water partition coefficient (Wildman–Crippen LogP) is 1.66. The van der Waals surface area contributed by atoms with Crippen molar-refractivity contribution < 1.29 is 27.4 Å².